The molecule has 1 saturated heterocycles. The third kappa shape index (κ3) is 4.37. The number of carbonyl (C=O) groups is 2. The molecule has 2 aliphatic rings. The molecule has 3 unspecified atom stereocenters. The fourth-order valence-electron chi connectivity index (χ4n) is 4.84. The van der Waals surface area contributed by atoms with Crippen LogP contribution in [0.15, 0.2) is 41.3 Å². The molecule has 3 atom stereocenters. The zero-order valence-electron chi connectivity index (χ0n) is 19.0. The molecule has 0 aliphatic carbocycles. The number of rotatable bonds is 5. The Morgan fingerprint density at radius 1 is 1.21 bits per heavy atom. The lowest BCUT2D eigenvalue weighted by molar-refractivity contribution is -0.137. The number of nitrogens with one attached hydrogen (secondary N) is 1. The van der Waals surface area contributed by atoms with Gasteiger partial charge in [0.05, 0.1) is 12.6 Å². The number of hydrogen-bond donors (Lipinski definition) is 2. The van der Waals surface area contributed by atoms with E-state index >= 15 is 0 Å². The number of hydrogen-bond acceptors (Lipinski definition) is 5. The first-order valence-corrected chi connectivity index (χ1v) is 11.2. The lowest BCUT2D eigenvalue weighted by Gasteiger charge is -2.53. The van der Waals surface area contributed by atoms with Crippen LogP contribution in [-0.2, 0) is 17.9 Å². The minimum Gasteiger partial charge on any atom is -0.503 e. The van der Waals surface area contributed by atoms with Gasteiger partial charge >= 0.3 is 0 Å². The van der Waals surface area contributed by atoms with Crippen molar-refractivity contribution in [2.45, 2.75) is 58.5 Å². The van der Waals surface area contributed by atoms with Crippen LogP contribution >= 0.6 is 0 Å². The molecule has 33 heavy (non-hydrogen) atoms. The molecule has 2 aromatic rings. The second-order valence-corrected chi connectivity index (χ2v) is 9.26. The van der Waals surface area contributed by atoms with Crippen LogP contribution in [0.3, 0.4) is 0 Å². The van der Waals surface area contributed by atoms with Crippen molar-refractivity contribution in [3.8, 4) is 5.75 Å². The number of fused-ring (bicyclic) bond motifs is 2. The Kier molecular flexibility index (Phi) is 6.25. The van der Waals surface area contributed by atoms with Crippen molar-refractivity contribution in [1.29, 1.82) is 0 Å². The molecule has 1 aromatic carbocycles. The topological polar surface area (TPSA) is 94.9 Å². The number of benzene rings is 1. The molecule has 0 spiro atoms. The van der Waals surface area contributed by atoms with Crippen molar-refractivity contribution in [3.63, 3.8) is 0 Å². The van der Waals surface area contributed by atoms with Crippen molar-refractivity contribution in [1.82, 2.24) is 19.7 Å². The van der Waals surface area contributed by atoms with Crippen LogP contribution in [-0.4, -0.2) is 56.1 Å². The van der Waals surface area contributed by atoms with Gasteiger partial charge in [0.15, 0.2) is 11.4 Å². The van der Waals surface area contributed by atoms with Crippen LogP contribution in [0.1, 0.15) is 43.2 Å². The predicted molar refractivity (Wildman–Crippen MR) is 120 cm³/mol. The lowest BCUT2D eigenvalue weighted by atomic mass is 9.94. The van der Waals surface area contributed by atoms with Gasteiger partial charge in [0.2, 0.25) is 11.3 Å². The third-order valence-electron chi connectivity index (χ3n) is 6.35. The maximum Gasteiger partial charge on any atom is 0.276 e. The Balaban J connectivity index is 1.62. The van der Waals surface area contributed by atoms with E-state index in [1.807, 2.05) is 11.8 Å². The fourth-order valence-corrected chi connectivity index (χ4v) is 4.84. The zero-order chi connectivity index (χ0) is 23.9. The number of carbonyl (C=O) groups excluding carboxylic acids is 2. The van der Waals surface area contributed by atoms with Crippen molar-refractivity contribution in [2.75, 3.05) is 6.54 Å². The summed E-state index contributed by atoms with van der Waals surface area (Å²) in [5.74, 6) is -1.18. The molecule has 0 bridgehead atoms. The highest BCUT2D eigenvalue weighted by atomic mass is 19.1. The van der Waals surface area contributed by atoms with Crippen molar-refractivity contribution in [2.24, 2.45) is 5.92 Å². The van der Waals surface area contributed by atoms with Crippen LogP contribution in [0.4, 0.5) is 4.39 Å². The first kappa shape index (κ1) is 23.0. The van der Waals surface area contributed by atoms with Gasteiger partial charge in [0.25, 0.3) is 5.91 Å². The molecular weight excluding hydrogens is 427 g/mol. The SMILES string of the molecule is CC(C)CN1C(C(=O)NCc2ccc(F)cc2)CC(C)N2C(=O)c3c(O)c(=O)ccn3CC12. The highest BCUT2D eigenvalue weighted by molar-refractivity contribution is 5.96. The number of aromatic hydroxyl groups is 1. The monoisotopic (exact) mass is 456 g/mol. The summed E-state index contributed by atoms with van der Waals surface area (Å²) in [5.41, 5.74) is 0.205. The molecule has 9 heteroatoms. The molecule has 8 nitrogen and oxygen atoms in total. The number of amides is 2. The summed E-state index contributed by atoms with van der Waals surface area (Å²) in [6.45, 7) is 7.20. The average molecular weight is 457 g/mol. The molecular formula is C24H29FN4O4. The van der Waals surface area contributed by atoms with Gasteiger partial charge in [-0.25, -0.2) is 4.39 Å². The highest BCUT2D eigenvalue weighted by Gasteiger charge is 2.48. The van der Waals surface area contributed by atoms with Crippen molar-refractivity contribution in [3.05, 3.63) is 63.8 Å². The van der Waals surface area contributed by atoms with Gasteiger partial charge in [-0.1, -0.05) is 26.0 Å². The molecule has 1 aromatic heterocycles. The Morgan fingerprint density at radius 2 is 1.91 bits per heavy atom. The Hall–Kier alpha value is -3.20. The van der Waals surface area contributed by atoms with E-state index in [9.17, 15) is 23.9 Å². The first-order valence-electron chi connectivity index (χ1n) is 11.2. The summed E-state index contributed by atoms with van der Waals surface area (Å²) in [4.78, 5) is 42.2. The van der Waals surface area contributed by atoms with E-state index < -0.39 is 23.1 Å². The van der Waals surface area contributed by atoms with Gasteiger partial charge in [-0.05, 0) is 37.0 Å². The summed E-state index contributed by atoms with van der Waals surface area (Å²) >= 11 is 0. The van der Waals surface area contributed by atoms with Gasteiger partial charge in [0.1, 0.15) is 12.0 Å². The first-order chi connectivity index (χ1) is 15.7. The second kappa shape index (κ2) is 8.97. The average Bonchev–Trinajstić information content (AvgIpc) is 2.77. The molecule has 3 heterocycles. The van der Waals surface area contributed by atoms with E-state index in [1.54, 1.807) is 21.6 Å². The predicted octanol–water partition coefficient (Wildman–Crippen LogP) is 1.91. The van der Waals surface area contributed by atoms with Crippen LogP contribution in [0, 0.1) is 11.7 Å². The van der Waals surface area contributed by atoms with Crippen LogP contribution in [0.25, 0.3) is 0 Å². The summed E-state index contributed by atoms with van der Waals surface area (Å²) in [6.07, 6.45) is 1.55. The Morgan fingerprint density at radius 3 is 2.58 bits per heavy atom. The molecule has 1 fully saturated rings. The molecule has 2 amide bonds. The Bertz CT molecular complexity index is 1110. The van der Waals surface area contributed by atoms with E-state index in [-0.39, 0.29) is 42.1 Å². The molecule has 176 valence electrons. The van der Waals surface area contributed by atoms with Gasteiger partial charge in [-0.15, -0.1) is 0 Å². The molecule has 2 N–H and O–H groups in total. The van der Waals surface area contributed by atoms with E-state index in [2.05, 4.69) is 19.2 Å². The fraction of sp³-hybridized carbons (Fsp3) is 0.458. The van der Waals surface area contributed by atoms with Gasteiger partial charge in [-0.2, -0.15) is 0 Å². The minimum absolute atomic E-state index is 0.00527. The largest absolute Gasteiger partial charge is 0.503 e. The molecule has 4 rings (SSSR count). The van der Waals surface area contributed by atoms with Gasteiger partial charge < -0.3 is 19.9 Å². The smallest absolute Gasteiger partial charge is 0.276 e. The summed E-state index contributed by atoms with van der Waals surface area (Å²) in [5, 5.41) is 13.2. The number of aromatic nitrogens is 1. The normalized spacial score (nSPS) is 22.8. The number of halogens is 1. The Labute approximate surface area is 191 Å². The molecule has 0 radical (unpaired) electrons. The van der Waals surface area contributed by atoms with Crippen LogP contribution in [0.2, 0.25) is 0 Å². The standard InChI is InChI=1S/C24H29FN4O4/c1-14(2)12-28-18(23(32)26-11-16-4-6-17(25)7-5-16)10-15(3)29-20(28)13-27-9-8-19(30)22(31)21(27)24(29)33/h4-9,14-15,18,20,31H,10-13H2,1-3H3,(H,26,32). The van der Waals surface area contributed by atoms with Crippen molar-refractivity contribution >= 4 is 11.8 Å². The van der Waals surface area contributed by atoms with Gasteiger partial charge in [-0.3, -0.25) is 19.3 Å². The van der Waals surface area contributed by atoms with Crippen molar-refractivity contribution < 1.29 is 19.1 Å². The summed E-state index contributed by atoms with van der Waals surface area (Å²) < 4.78 is 14.8. The van der Waals surface area contributed by atoms with E-state index in [1.165, 1.54) is 24.4 Å². The van der Waals surface area contributed by atoms with Gasteiger partial charge in [0, 0.05) is 31.4 Å². The lowest BCUT2D eigenvalue weighted by Crippen LogP contribution is -2.69. The molecule has 0 saturated carbocycles. The maximum absolute atomic E-state index is 13.3. The van der Waals surface area contributed by atoms with E-state index in [0.29, 0.717) is 19.5 Å². The molecule has 2 aliphatic heterocycles. The van der Waals surface area contributed by atoms with Crippen LogP contribution < -0.4 is 10.7 Å². The zero-order valence-corrected chi connectivity index (χ0v) is 19.0. The number of nitrogens with zero attached hydrogens (tertiary/aromatic N) is 3. The third-order valence-corrected chi connectivity index (χ3v) is 6.35. The summed E-state index contributed by atoms with van der Waals surface area (Å²) in [7, 11) is 0. The van der Waals surface area contributed by atoms with E-state index in [0.717, 1.165) is 5.56 Å². The summed E-state index contributed by atoms with van der Waals surface area (Å²) in [6, 6.07) is 6.51. The quantitative estimate of drug-likeness (QED) is 0.717. The van der Waals surface area contributed by atoms with E-state index in [4.69, 9.17) is 0 Å². The highest BCUT2D eigenvalue weighted by Crippen LogP contribution is 2.33. The second-order valence-electron chi connectivity index (χ2n) is 9.26. The maximum atomic E-state index is 13.3. The number of pyridine rings is 1. The minimum atomic E-state index is -0.588. The van der Waals surface area contributed by atoms with Crippen LogP contribution in [0.5, 0.6) is 5.75 Å².